The van der Waals surface area contributed by atoms with Gasteiger partial charge in [-0.05, 0) is 30.7 Å². The van der Waals surface area contributed by atoms with Gasteiger partial charge in [0.15, 0.2) is 0 Å². The molecule has 0 aliphatic rings. The first-order valence-corrected chi connectivity index (χ1v) is 5.77. The van der Waals surface area contributed by atoms with Gasteiger partial charge in [-0.15, -0.1) is 0 Å². The number of hydrogen-bond acceptors (Lipinski definition) is 2. The second-order valence-corrected chi connectivity index (χ2v) is 4.40. The van der Waals surface area contributed by atoms with Crippen LogP contribution in [0.15, 0.2) is 34.8 Å². The molecule has 1 aromatic carbocycles. The summed E-state index contributed by atoms with van der Waals surface area (Å²) in [7, 11) is 0. The van der Waals surface area contributed by atoms with Crippen LogP contribution in [0.2, 0.25) is 0 Å². The number of rotatable bonds is 4. The van der Waals surface area contributed by atoms with Crippen LogP contribution in [-0.4, -0.2) is 23.7 Å². The number of nitrogens with one attached hydrogen (secondary N) is 1. The lowest BCUT2D eigenvalue weighted by Gasteiger charge is -2.03. The Labute approximate surface area is 103 Å². The van der Waals surface area contributed by atoms with E-state index >= 15 is 0 Å². The summed E-state index contributed by atoms with van der Waals surface area (Å²) < 4.78 is 0.971. The Kier molecular flexibility index (Phi) is 5.22. The Balaban J connectivity index is 2.50. The molecule has 1 rings (SSSR count). The molecule has 16 heavy (non-hydrogen) atoms. The quantitative estimate of drug-likeness (QED) is 0.830. The molecule has 4 heteroatoms. The predicted octanol–water partition coefficient (Wildman–Crippen LogP) is 1.96. The number of amides is 1. The van der Waals surface area contributed by atoms with Gasteiger partial charge in [0, 0.05) is 17.1 Å². The molecule has 0 spiro atoms. The third-order valence-electron chi connectivity index (χ3n) is 1.85. The maximum Gasteiger partial charge on any atom is 0.244 e. The molecule has 0 heterocycles. The first-order valence-electron chi connectivity index (χ1n) is 4.97. The van der Waals surface area contributed by atoms with E-state index in [4.69, 9.17) is 5.11 Å². The van der Waals surface area contributed by atoms with E-state index in [-0.39, 0.29) is 12.5 Å². The summed E-state index contributed by atoms with van der Waals surface area (Å²) >= 11 is 3.35. The maximum absolute atomic E-state index is 11.3. The van der Waals surface area contributed by atoms with Crippen LogP contribution in [0.4, 0.5) is 0 Å². The Bertz CT molecular complexity index is 388. The molecule has 0 aliphatic heterocycles. The third-order valence-corrected chi connectivity index (χ3v) is 2.34. The third kappa shape index (κ3) is 5.09. The summed E-state index contributed by atoms with van der Waals surface area (Å²) in [5.74, 6) is -0.208. The maximum atomic E-state index is 11.3. The van der Waals surface area contributed by atoms with E-state index < -0.39 is 6.10 Å². The fourth-order valence-corrected chi connectivity index (χ4v) is 1.51. The largest absolute Gasteiger partial charge is 0.392 e. The summed E-state index contributed by atoms with van der Waals surface area (Å²) in [6, 6.07) is 7.64. The van der Waals surface area contributed by atoms with Crippen LogP contribution in [0.3, 0.4) is 0 Å². The normalized spacial score (nSPS) is 12.7. The second kappa shape index (κ2) is 6.45. The standard InChI is InChI=1S/C12H14BrNO2/c1-9(15)8-14-12(16)6-5-10-3-2-4-11(13)7-10/h2-7,9,15H,8H2,1H3,(H,14,16)/b6-5+. The zero-order valence-electron chi connectivity index (χ0n) is 8.98. The van der Waals surface area contributed by atoms with Gasteiger partial charge in [0.25, 0.3) is 0 Å². The summed E-state index contributed by atoms with van der Waals surface area (Å²) in [6.45, 7) is 1.89. The van der Waals surface area contributed by atoms with Crippen molar-refractivity contribution in [2.45, 2.75) is 13.0 Å². The number of aliphatic hydroxyl groups excluding tert-OH is 1. The smallest absolute Gasteiger partial charge is 0.244 e. The van der Waals surface area contributed by atoms with Gasteiger partial charge in [-0.3, -0.25) is 4.79 Å². The lowest BCUT2D eigenvalue weighted by molar-refractivity contribution is -0.116. The average Bonchev–Trinajstić information content (AvgIpc) is 2.23. The molecule has 0 aliphatic carbocycles. The Morgan fingerprint density at radius 1 is 1.62 bits per heavy atom. The molecule has 0 bridgehead atoms. The second-order valence-electron chi connectivity index (χ2n) is 3.48. The van der Waals surface area contributed by atoms with Gasteiger partial charge in [0.2, 0.25) is 5.91 Å². The van der Waals surface area contributed by atoms with Gasteiger partial charge < -0.3 is 10.4 Å². The summed E-state index contributed by atoms with van der Waals surface area (Å²) in [5, 5.41) is 11.6. The molecule has 1 amide bonds. The minimum absolute atomic E-state index is 0.208. The molecule has 1 atom stereocenters. The number of carbonyl (C=O) groups excluding carboxylic acids is 1. The molecule has 0 saturated heterocycles. The molecule has 1 aromatic rings. The number of halogens is 1. The minimum Gasteiger partial charge on any atom is -0.392 e. The van der Waals surface area contributed by atoms with Crippen LogP contribution < -0.4 is 5.32 Å². The van der Waals surface area contributed by atoms with Gasteiger partial charge in [0.05, 0.1) is 6.10 Å². The van der Waals surface area contributed by atoms with Gasteiger partial charge in [-0.25, -0.2) is 0 Å². The highest BCUT2D eigenvalue weighted by Crippen LogP contribution is 2.12. The van der Waals surface area contributed by atoms with Crippen molar-refractivity contribution in [3.05, 3.63) is 40.4 Å². The van der Waals surface area contributed by atoms with Crippen LogP contribution in [0.5, 0.6) is 0 Å². The minimum atomic E-state index is -0.525. The van der Waals surface area contributed by atoms with Crippen molar-refractivity contribution in [2.75, 3.05) is 6.54 Å². The molecule has 86 valence electrons. The summed E-state index contributed by atoms with van der Waals surface area (Å²) in [5.41, 5.74) is 0.946. The van der Waals surface area contributed by atoms with Crippen molar-refractivity contribution in [1.82, 2.24) is 5.32 Å². The van der Waals surface area contributed by atoms with Crippen molar-refractivity contribution in [2.24, 2.45) is 0 Å². The van der Waals surface area contributed by atoms with E-state index in [9.17, 15) is 4.79 Å². The van der Waals surface area contributed by atoms with Crippen molar-refractivity contribution < 1.29 is 9.90 Å². The zero-order chi connectivity index (χ0) is 12.0. The first kappa shape index (κ1) is 12.9. The van der Waals surface area contributed by atoms with E-state index in [2.05, 4.69) is 21.2 Å². The van der Waals surface area contributed by atoms with Crippen molar-refractivity contribution in [1.29, 1.82) is 0 Å². The number of hydrogen-bond donors (Lipinski definition) is 2. The predicted molar refractivity (Wildman–Crippen MR) is 67.9 cm³/mol. The topological polar surface area (TPSA) is 49.3 Å². The van der Waals surface area contributed by atoms with Gasteiger partial charge in [-0.2, -0.15) is 0 Å². The SMILES string of the molecule is CC(O)CNC(=O)/C=C/c1cccc(Br)c1. The van der Waals surface area contributed by atoms with Gasteiger partial charge >= 0.3 is 0 Å². The first-order chi connectivity index (χ1) is 7.58. The van der Waals surface area contributed by atoms with Crippen LogP contribution in [-0.2, 0) is 4.79 Å². The van der Waals surface area contributed by atoms with E-state index in [0.29, 0.717) is 0 Å². The zero-order valence-corrected chi connectivity index (χ0v) is 10.6. The van der Waals surface area contributed by atoms with Gasteiger partial charge in [-0.1, -0.05) is 28.1 Å². The Morgan fingerprint density at radius 2 is 2.38 bits per heavy atom. The van der Waals surface area contributed by atoms with E-state index in [1.165, 1.54) is 6.08 Å². The fraction of sp³-hybridized carbons (Fsp3) is 0.250. The molecule has 2 N–H and O–H groups in total. The van der Waals surface area contributed by atoms with Crippen molar-refractivity contribution in [3.63, 3.8) is 0 Å². The highest BCUT2D eigenvalue weighted by molar-refractivity contribution is 9.10. The molecular weight excluding hydrogens is 270 g/mol. The average molecular weight is 284 g/mol. The molecule has 0 radical (unpaired) electrons. The Morgan fingerprint density at radius 3 is 3.00 bits per heavy atom. The lowest BCUT2D eigenvalue weighted by atomic mass is 10.2. The highest BCUT2D eigenvalue weighted by Gasteiger charge is 1.98. The monoisotopic (exact) mass is 283 g/mol. The van der Waals surface area contributed by atoms with Crippen LogP contribution in [0.1, 0.15) is 12.5 Å². The van der Waals surface area contributed by atoms with Gasteiger partial charge in [0.1, 0.15) is 0 Å². The molecule has 3 nitrogen and oxygen atoms in total. The van der Waals surface area contributed by atoms with Crippen LogP contribution in [0.25, 0.3) is 6.08 Å². The van der Waals surface area contributed by atoms with E-state index in [1.54, 1.807) is 13.0 Å². The molecule has 1 unspecified atom stereocenters. The molecule has 0 aromatic heterocycles. The summed E-state index contributed by atoms with van der Waals surface area (Å²) in [4.78, 5) is 11.3. The number of carbonyl (C=O) groups is 1. The summed E-state index contributed by atoms with van der Waals surface area (Å²) in [6.07, 6.45) is 2.65. The highest BCUT2D eigenvalue weighted by atomic mass is 79.9. The molecular formula is C12H14BrNO2. The van der Waals surface area contributed by atoms with E-state index in [1.807, 2.05) is 24.3 Å². The molecule has 0 saturated carbocycles. The van der Waals surface area contributed by atoms with Crippen LogP contribution in [0, 0.1) is 0 Å². The van der Waals surface area contributed by atoms with Crippen LogP contribution >= 0.6 is 15.9 Å². The van der Waals surface area contributed by atoms with Crippen molar-refractivity contribution in [3.8, 4) is 0 Å². The fourth-order valence-electron chi connectivity index (χ4n) is 1.09. The van der Waals surface area contributed by atoms with E-state index in [0.717, 1.165) is 10.0 Å². The number of benzene rings is 1. The van der Waals surface area contributed by atoms with Crippen molar-refractivity contribution >= 4 is 27.9 Å². The Hall–Kier alpha value is -1.13. The lowest BCUT2D eigenvalue weighted by Crippen LogP contribution is -2.28. The molecule has 0 fully saturated rings. The number of aliphatic hydroxyl groups is 1.